The van der Waals surface area contributed by atoms with Gasteiger partial charge in [-0.25, -0.2) is 4.79 Å². The van der Waals surface area contributed by atoms with Gasteiger partial charge < -0.3 is 4.74 Å². The Hall–Kier alpha value is -2.89. The summed E-state index contributed by atoms with van der Waals surface area (Å²) < 4.78 is 8.33. The summed E-state index contributed by atoms with van der Waals surface area (Å²) in [6, 6.07) is 15.3. The number of ether oxygens (including phenoxy) is 1. The monoisotopic (exact) mass is 296 g/mol. The summed E-state index contributed by atoms with van der Waals surface area (Å²) in [6.45, 7) is 2.35. The lowest BCUT2D eigenvalue weighted by Crippen LogP contribution is -2.23. The second kappa shape index (κ2) is 5.85. The zero-order valence-corrected chi connectivity index (χ0v) is 12.4. The maximum atomic E-state index is 12.0. The van der Waals surface area contributed by atoms with Crippen LogP contribution >= 0.6 is 0 Å². The fourth-order valence-corrected chi connectivity index (χ4v) is 2.18. The molecule has 0 radical (unpaired) electrons. The molecule has 2 aromatic carbocycles. The highest BCUT2D eigenvalue weighted by atomic mass is 16.5. The van der Waals surface area contributed by atoms with Crippen molar-refractivity contribution in [2.45, 2.75) is 13.5 Å². The van der Waals surface area contributed by atoms with Gasteiger partial charge in [0.05, 0.1) is 5.69 Å². The molecule has 0 aliphatic rings. The Labute approximate surface area is 127 Å². The van der Waals surface area contributed by atoms with Crippen molar-refractivity contribution in [3.05, 3.63) is 70.1 Å². The Morgan fingerprint density at radius 2 is 1.77 bits per heavy atom. The average Bonchev–Trinajstić information content (AvgIpc) is 2.86. The highest BCUT2D eigenvalue weighted by molar-refractivity contribution is 5.40. The first-order chi connectivity index (χ1) is 10.7. The van der Waals surface area contributed by atoms with Gasteiger partial charge in [0.15, 0.2) is 0 Å². The standard InChI is InChI=1S/C16H16N4O2/c1-12-7-3-6-10-15(12)22-11-13-8-4-5-9-14(13)20-16(21)19(2)17-18-20/h3-10H,11H2,1-2H3. The van der Waals surface area contributed by atoms with Crippen molar-refractivity contribution in [3.8, 4) is 11.4 Å². The van der Waals surface area contributed by atoms with E-state index < -0.39 is 0 Å². The molecule has 6 nitrogen and oxygen atoms in total. The molecule has 22 heavy (non-hydrogen) atoms. The molecule has 112 valence electrons. The average molecular weight is 296 g/mol. The van der Waals surface area contributed by atoms with Crippen LogP contribution in [0.2, 0.25) is 0 Å². The molecule has 0 amide bonds. The molecular weight excluding hydrogens is 280 g/mol. The number of hydrogen-bond donors (Lipinski definition) is 0. The predicted octanol–water partition coefficient (Wildman–Crippen LogP) is 1.85. The minimum Gasteiger partial charge on any atom is -0.489 e. The lowest BCUT2D eigenvalue weighted by molar-refractivity contribution is 0.303. The summed E-state index contributed by atoms with van der Waals surface area (Å²) in [6.07, 6.45) is 0. The molecule has 0 saturated carbocycles. The summed E-state index contributed by atoms with van der Waals surface area (Å²) in [4.78, 5) is 12.0. The van der Waals surface area contributed by atoms with Crippen LogP contribution in [-0.2, 0) is 13.7 Å². The van der Waals surface area contributed by atoms with Crippen LogP contribution in [0.25, 0.3) is 5.69 Å². The Bertz CT molecular complexity index is 851. The fourth-order valence-electron chi connectivity index (χ4n) is 2.18. The van der Waals surface area contributed by atoms with Crippen molar-refractivity contribution in [1.29, 1.82) is 0 Å². The van der Waals surface area contributed by atoms with E-state index >= 15 is 0 Å². The molecule has 1 heterocycles. The van der Waals surface area contributed by atoms with Crippen LogP contribution in [0.1, 0.15) is 11.1 Å². The zero-order chi connectivity index (χ0) is 15.5. The Kier molecular flexibility index (Phi) is 3.74. The Balaban J connectivity index is 1.91. The van der Waals surface area contributed by atoms with Crippen molar-refractivity contribution in [2.75, 3.05) is 0 Å². The lowest BCUT2D eigenvalue weighted by atomic mass is 10.2. The molecule has 0 fully saturated rings. The molecule has 0 N–H and O–H groups in total. The normalized spacial score (nSPS) is 10.6. The van der Waals surface area contributed by atoms with E-state index in [-0.39, 0.29) is 5.69 Å². The van der Waals surface area contributed by atoms with E-state index in [0.717, 1.165) is 16.9 Å². The van der Waals surface area contributed by atoms with Crippen LogP contribution in [0, 0.1) is 6.92 Å². The number of rotatable bonds is 4. The van der Waals surface area contributed by atoms with Crippen molar-refractivity contribution in [3.63, 3.8) is 0 Å². The van der Waals surface area contributed by atoms with E-state index in [1.54, 1.807) is 7.05 Å². The first-order valence-electron chi connectivity index (χ1n) is 6.92. The number of aromatic nitrogens is 4. The SMILES string of the molecule is Cc1ccccc1OCc1ccccc1-n1nnn(C)c1=O. The van der Waals surface area contributed by atoms with Crippen LogP contribution < -0.4 is 10.4 Å². The van der Waals surface area contributed by atoms with Crippen LogP contribution in [0.4, 0.5) is 0 Å². The maximum absolute atomic E-state index is 12.0. The molecule has 3 rings (SSSR count). The molecule has 0 bridgehead atoms. The van der Waals surface area contributed by atoms with Gasteiger partial charge in [-0.2, -0.15) is 9.36 Å². The van der Waals surface area contributed by atoms with Gasteiger partial charge in [0.2, 0.25) is 0 Å². The van der Waals surface area contributed by atoms with E-state index in [1.807, 2.05) is 55.5 Å². The van der Waals surface area contributed by atoms with E-state index in [9.17, 15) is 4.79 Å². The van der Waals surface area contributed by atoms with Gasteiger partial charge in [0, 0.05) is 12.6 Å². The molecule has 0 aliphatic heterocycles. The third-order valence-electron chi connectivity index (χ3n) is 3.42. The molecule has 0 atom stereocenters. The Morgan fingerprint density at radius 3 is 2.50 bits per heavy atom. The van der Waals surface area contributed by atoms with Gasteiger partial charge in [0.1, 0.15) is 12.4 Å². The van der Waals surface area contributed by atoms with Crippen LogP contribution in [-0.4, -0.2) is 19.8 Å². The van der Waals surface area contributed by atoms with Gasteiger partial charge in [0.25, 0.3) is 0 Å². The first-order valence-corrected chi connectivity index (χ1v) is 6.92. The highest BCUT2D eigenvalue weighted by Crippen LogP contribution is 2.19. The smallest absolute Gasteiger partial charge is 0.368 e. The van der Waals surface area contributed by atoms with Gasteiger partial charge in [-0.1, -0.05) is 36.4 Å². The number of para-hydroxylation sites is 2. The van der Waals surface area contributed by atoms with Crippen molar-refractivity contribution in [1.82, 2.24) is 19.8 Å². The zero-order valence-electron chi connectivity index (χ0n) is 12.4. The number of tetrazole rings is 1. The van der Waals surface area contributed by atoms with Crippen LogP contribution in [0.3, 0.4) is 0 Å². The second-order valence-corrected chi connectivity index (χ2v) is 4.98. The molecule has 0 spiro atoms. The number of hydrogen-bond acceptors (Lipinski definition) is 4. The summed E-state index contributed by atoms with van der Waals surface area (Å²) >= 11 is 0. The molecule has 0 saturated heterocycles. The molecule has 1 aromatic heterocycles. The summed E-state index contributed by atoms with van der Waals surface area (Å²) in [5, 5.41) is 7.62. The Morgan fingerprint density at radius 1 is 1.05 bits per heavy atom. The van der Waals surface area contributed by atoms with Crippen molar-refractivity contribution in [2.24, 2.45) is 7.05 Å². The largest absolute Gasteiger partial charge is 0.489 e. The maximum Gasteiger partial charge on any atom is 0.368 e. The van der Waals surface area contributed by atoms with Crippen molar-refractivity contribution < 1.29 is 4.74 Å². The number of benzene rings is 2. The fraction of sp³-hybridized carbons (Fsp3) is 0.188. The first kappa shape index (κ1) is 14.1. The number of aryl methyl sites for hydroxylation is 2. The minimum absolute atomic E-state index is 0.289. The van der Waals surface area contributed by atoms with E-state index in [0.29, 0.717) is 12.3 Å². The predicted molar refractivity (Wildman–Crippen MR) is 82.1 cm³/mol. The summed E-state index contributed by atoms with van der Waals surface area (Å²) in [5.41, 5.74) is 2.32. The third kappa shape index (κ3) is 2.63. The van der Waals surface area contributed by atoms with Crippen molar-refractivity contribution >= 4 is 0 Å². The molecule has 6 heteroatoms. The van der Waals surface area contributed by atoms with Crippen LogP contribution in [0.15, 0.2) is 53.3 Å². The second-order valence-electron chi connectivity index (χ2n) is 4.98. The number of nitrogens with zero attached hydrogens (tertiary/aromatic N) is 4. The van der Waals surface area contributed by atoms with E-state index in [4.69, 9.17) is 4.74 Å². The molecule has 0 aliphatic carbocycles. The molecule has 3 aromatic rings. The molecule has 0 unspecified atom stereocenters. The molecular formula is C16H16N4O2. The topological polar surface area (TPSA) is 61.9 Å². The lowest BCUT2D eigenvalue weighted by Gasteiger charge is -2.11. The van der Waals surface area contributed by atoms with Gasteiger partial charge in [-0.3, -0.25) is 0 Å². The summed E-state index contributed by atoms with van der Waals surface area (Å²) in [5.74, 6) is 0.823. The van der Waals surface area contributed by atoms with E-state index in [1.165, 1.54) is 9.36 Å². The highest BCUT2D eigenvalue weighted by Gasteiger charge is 2.11. The van der Waals surface area contributed by atoms with Gasteiger partial charge >= 0.3 is 5.69 Å². The third-order valence-corrected chi connectivity index (χ3v) is 3.42. The van der Waals surface area contributed by atoms with E-state index in [2.05, 4.69) is 10.4 Å². The van der Waals surface area contributed by atoms with Gasteiger partial charge in [-0.15, -0.1) is 0 Å². The van der Waals surface area contributed by atoms with Crippen LogP contribution in [0.5, 0.6) is 5.75 Å². The van der Waals surface area contributed by atoms with Gasteiger partial charge in [-0.05, 0) is 35.0 Å². The quantitative estimate of drug-likeness (QED) is 0.737. The summed E-state index contributed by atoms with van der Waals surface area (Å²) in [7, 11) is 1.57. The minimum atomic E-state index is -0.289.